The van der Waals surface area contributed by atoms with E-state index in [0.29, 0.717) is 53.9 Å². The molecule has 3 heterocycles. The van der Waals surface area contributed by atoms with Crippen molar-refractivity contribution >= 4 is 52.5 Å². The highest BCUT2D eigenvalue weighted by Crippen LogP contribution is 2.37. The first-order chi connectivity index (χ1) is 21.1. The molecule has 44 heavy (non-hydrogen) atoms. The molecule has 3 aromatic rings. The van der Waals surface area contributed by atoms with Crippen molar-refractivity contribution < 1.29 is 32.7 Å². The highest BCUT2D eigenvalue weighted by atomic mass is 35.5. The standard InChI is InChI=1S/C31H30ClF2N5O5/c1-17-5-3-4-6-25(38-13-14-39(30(42)29(38)41)27-22(33)10-9-21(32)26(27)34)24-15-18(11-12-35-24)20-8-7-19(36-31(43)44-2)16-23(20)37-28(17)40/h7-12,15-17,25H,3-6,13-14H2,1-2H3,(H,36,43)(H,37,40)/t17-,25+/m1/s1. The third kappa shape index (κ3) is 6.21. The Labute approximate surface area is 257 Å². The summed E-state index contributed by atoms with van der Waals surface area (Å²) in [4.78, 5) is 58.4. The topological polar surface area (TPSA) is 121 Å². The van der Waals surface area contributed by atoms with Crippen LogP contribution in [0.3, 0.4) is 0 Å². The number of halogens is 3. The summed E-state index contributed by atoms with van der Waals surface area (Å²) in [5.74, 6) is -4.63. The quantitative estimate of drug-likeness (QED) is 0.275. The number of piperazine rings is 1. The lowest BCUT2D eigenvalue weighted by atomic mass is 9.97. The number of hydrogen-bond acceptors (Lipinski definition) is 6. The van der Waals surface area contributed by atoms with Gasteiger partial charge in [0.05, 0.1) is 29.6 Å². The summed E-state index contributed by atoms with van der Waals surface area (Å²) in [6, 6.07) is 9.93. The largest absolute Gasteiger partial charge is 0.453 e. The van der Waals surface area contributed by atoms with Crippen molar-refractivity contribution in [1.82, 2.24) is 9.88 Å². The van der Waals surface area contributed by atoms with Gasteiger partial charge >= 0.3 is 17.9 Å². The van der Waals surface area contributed by atoms with Gasteiger partial charge in [-0.25, -0.2) is 13.6 Å². The fraction of sp³-hybridized carbons (Fsp3) is 0.323. The van der Waals surface area contributed by atoms with Crippen molar-refractivity contribution in [3.8, 4) is 11.1 Å². The van der Waals surface area contributed by atoms with Gasteiger partial charge in [0.15, 0.2) is 5.82 Å². The molecule has 2 aliphatic rings. The average molecular weight is 626 g/mol. The summed E-state index contributed by atoms with van der Waals surface area (Å²) >= 11 is 5.84. The molecule has 1 aromatic heterocycles. The molecule has 10 nitrogen and oxygen atoms in total. The Balaban J connectivity index is 1.51. The molecule has 0 radical (unpaired) electrons. The minimum absolute atomic E-state index is 0.00211. The van der Waals surface area contributed by atoms with Gasteiger partial charge in [-0.3, -0.25) is 29.6 Å². The van der Waals surface area contributed by atoms with E-state index in [2.05, 4.69) is 20.4 Å². The predicted molar refractivity (Wildman–Crippen MR) is 160 cm³/mol. The van der Waals surface area contributed by atoms with Gasteiger partial charge in [-0.15, -0.1) is 0 Å². The molecule has 1 saturated heterocycles. The van der Waals surface area contributed by atoms with E-state index in [4.69, 9.17) is 11.6 Å². The lowest BCUT2D eigenvalue weighted by molar-refractivity contribution is -0.148. The molecule has 0 unspecified atom stereocenters. The Morgan fingerprint density at radius 1 is 1.05 bits per heavy atom. The summed E-state index contributed by atoms with van der Waals surface area (Å²) in [6.07, 6.45) is 3.19. The zero-order valence-corrected chi connectivity index (χ0v) is 24.8. The Bertz CT molecular complexity index is 1640. The van der Waals surface area contributed by atoms with Crippen molar-refractivity contribution in [2.45, 2.75) is 38.6 Å². The van der Waals surface area contributed by atoms with Gasteiger partial charge < -0.3 is 15.0 Å². The number of ether oxygens (including phenoxy) is 1. The summed E-state index contributed by atoms with van der Waals surface area (Å²) in [6.45, 7) is 1.67. The number of carbonyl (C=O) groups excluding carboxylic acids is 4. The lowest BCUT2D eigenvalue weighted by Gasteiger charge is -2.38. The zero-order chi connectivity index (χ0) is 31.5. The molecule has 13 heteroatoms. The maximum atomic E-state index is 14.8. The number of benzene rings is 2. The van der Waals surface area contributed by atoms with Crippen molar-refractivity contribution in [3.63, 3.8) is 0 Å². The van der Waals surface area contributed by atoms with E-state index >= 15 is 0 Å². The summed E-state index contributed by atoms with van der Waals surface area (Å²) in [5, 5.41) is 5.20. The van der Waals surface area contributed by atoms with E-state index in [9.17, 15) is 28.0 Å². The van der Waals surface area contributed by atoms with E-state index < -0.39 is 41.3 Å². The number of aromatic nitrogens is 1. The molecule has 2 N–H and O–H groups in total. The third-order valence-electron chi connectivity index (χ3n) is 7.87. The highest BCUT2D eigenvalue weighted by molar-refractivity contribution is 6.41. The van der Waals surface area contributed by atoms with E-state index in [-0.39, 0.29) is 29.9 Å². The van der Waals surface area contributed by atoms with E-state index in [0.717, 1.165) is 17.0 Å². The molecule has 0 spiro atoms. The van der Waals surface area contributed by atoms with Crippen LogP contribution in [0.1, 0.15) is 44.3 Å². The summed E-state index contributed by atoms with van der Waals surface area (Å²) in [7, 11) is 1.25. The number of amides is 4. The van der Waals surface area contributed by atoms with E-state index in [1.54, 1.807) is 36.5 Å². The third-order valence-corrected chi connectivity index (χ3v) is 8.17. The molecule has 4 amide bonds. The minimum atomic E-state index is -1.11. The average Bonchev–Trinajstić information content (AvgIpc) is 3.01. The van der Waals surface area contributed by atoms with Crippen LogP contribution in [0.15, 0.2) is 48.7 Å². The van der Waals surface area contributed by atoms with Gasteiger partial charge in [-0.1, -0.05) is 37.4 Å². The van der Waals surface area contributed by atoms with Crippen LogP contribution < -0.4 is 15.5 Å². The van der Waals surface area contributed by atoms with Gasteiger partial charge in [-0.05, 0) is 54.8 Å². The SMILES string of the molecule is COC(=O)Nc1ccc2c(c1)NC(=O)[C@H](C)CCCC[C@H](N1CCN(c3c(F)ccc(Cl)c3F)C(=O)C1=O)c1cc-2ccn1. The van der Waals surface area contributed by atoms with Crippen molar-refractivity contribution in [3.05, 3.63) is 71.0 Å². The van der Waals surface area contributed by atoms with Gasteiger partial charge in [0.2, 0.25) is 5.91 Å². The van der Waals surface area contributed by atoms with Crippen molar-refractivity contribution in [1.29, 1.82) is 0 Å². The molecular weight excluding hydrogens is 596 g/mol. The molecule has 1 fully saturated rings. The first-order valence-corrected chi connectivity index (χ1v) is 14.5. The molecule has 5 rings (SSSR count). The van der Waals surface area contributed by atoms with Gasteiger partial charge in [0, 0.05) is 36.5 Å². The maximum Gasteiger partial charge on any atom is 0.411 e. The lowest BCUT2D eigenvalue weighted by Crippen LogP contribution is -2.56. The Hall–Kier alpha value is -4.58. The number of nitrogens with zero attached hydrogens (tertiary/aromatic N) is 3. The number of carbonyl (C=O) groups is 4. The summed E-state index contributed by atoms with van der Waals surface area (Å²) < 4.78 is 34.0. The molecule has 2 bridgehead atoms. The Morgan fingerprint density at radius 2 is 1.82 bits per heavy atom. The zero-order valence-electron chi connectivity index (χ0n) is 24.0. The number of fused-ring (bicyclic) bond motifs is 4. The predicted octanol–water partition coefficient (Wildman–Crippen LogP) is 5.92. The molecule has 2 atom stereocenters. The van der Waals surface area contributed by atoms with Crippen molar-refractivity contribution in [2.75, 3.05) is 35.7 Å². The second kappa shape index (κ2) is 13.0. The van der Waals surface area contributed by atoms with Crippen LogP contribution in [0.4, 0.5) is 30.6 Å². The molecular formula is C31H30ClF2N5O5. The van der Waals surface area contributed by atoms with E-state index in [1.807, 2.05) is 6.92 Å². The van der Waals surface area contributed by atoms with Crippen LogP contribution in [0.2, 0.25) is 5.02 Å². The molecule has 2 aromatic carbocycles. The number of hydrogen-bond donors (Lipinski definition) is 2. The number of nitrogens with one attached hydrogen (secondary N) is 2. The smallest absolute Gasteiger partial charge is 0.411 e. The first-order valence-electron chi connectivity index (χ1n) is 14.1. The number of rotatable bonds is 3. The molecule has 230 valence electrons. The van der Waals surface area contributed by atoms with Crippen molar-refractivity contribution in [2.24, 2.45) is 5.92 Å². The van der Waals surface area contributed by atoms with Gasteiger partial charge in [-0.2, -0.15) is 0 Å². The van der Waals surface area contributed by atoms with Crippen LogP contribution in [-0.4, -0.2) is 53.9 Å². The second-order valence-electron chi connectivity index (χ2n) is 10.7. The molecule has 0 saturated carbocycles. The van der Waals surface area contributed by atoms with E-state index in [1.165, 1.54) is 12.0 Å². The molecule has 0 aliphatic carbocycles. The fourth-order valence-electron chi connectivity index (χ4n) is 5.51. The normalized spacial score (nSPS) is 19.2. The first kappa shape index (κ1) is 30.9. The van der Waals surface area contributed by atoms with Gasteiger partial charge in [0.1, 0.15) is 11.5 Å². The van der Waals surface area contributed by atoms with Crippen LogP contribution in [0, 0.1) is 17.6 Å². The van der Waals surface area contributed by atoms with Crippen LogP contribution in [0.25, 0.3) is 11.1 Å². The van der Waals surface area contributed by atoms with Crippen LogP contribution in [-0.2, 0) is 19.1 Å². The number of methoxy groups -OCH3 is 1. The number of anilines is 3. The fourth-order valence-corrected chi connectivity index (χ4v) is 5.66. The Kier molecular flexibility index (Phi) is 9.09. The number of pyridine rings is 1. The van der Waals surface area contributed by atoms with Gasteiger partial charge in [0.25, 0.3) is 0 Å². The summed E-state index contributed by atoms with van der Waals surface area (Å²) in [5.41, 5.74) is 2.03. The monoisotopic (exact) mass is 625 g/mol. The van der Waals surface area contributed by atoms with Crippen LogP contribution >= 0.6 is 11.6 Å². The second-order valence-corrected chi connectivity index (χ2v) is 11.1. The van der Waals surface area contributed by atoms with Crippen LogP contribution in [0.5, 0.6) is 0 Å². The Morgan fingerprint density at radius 3 is 2.59 bits per heavy atom. The molecule has 2 aliphatic heterocycles. The highest BCUT2D eigenvalue weighted by Gasteiger charge is 2.40. The maximum absolute atomic E-state index is 14.8. The minimum Gasteiger partial charge on any atom is -0.453 e.